The summed E-state index contributed by atoms with van der Waals surface area (Å²) in [6, 6.07) is 9.14. The van der Waals surface area contributed by atoms with Crippen molar-refractivity contribution in [2.45, 2.75) is 109 Å². The van der Waals surface area contributed by atoms with Crippen LogP contribution in [0.2, 0.25) is 0 Å². The van der Waals surface area contributed by atoms with Crippen LogP contribution in [0.15, 0.2) is 24.3 Å². The Bertz CT molecular complexity index is 695. The van der Waals surface area contributed by atoms with Gasteiger partial charge in [0.15, 0.2) is 0 Å². The largest absolute Gasteiger partial charge is 0.0776 e. The summed E-state index contributed by atoms with van der Waals surface area (Å²) in [6.07, 6.45) is 2.56. The molecule has 0 heterocycles. The number of hydrogen-bond donors (Lipinski definition) is 0. The maximum absolute atomic E-state index is 2.44. The van der Waals surface area contributed by atoms with Crippen molar-refractivity contribution in [3.63, 3.8) is 0 Å². The van der Waals surface area contributed by atoms with E-state index in [-0.39, 0.29) is 14.9 Å². The Morgan fingerprint density at radius 2 is 0.964 bits per heavy atom. The van der Waals surface area contributed by atoms with Gasteiger partial charge in [0.05, 0.1) is 0 Å². The van der Waals surface area contributed by atoms with Gasteiger partial charge in [0, 0.05) is 0 Å². The van der Waals surface area contributed by atoms with Crippen LogP contribution in [0.1, 0.15) is 118 Å². The van der Waals surface area contributed by atoms with Crippen molar-refractivity contribution in [3.8, 4) is 0 Å². The molecule has 0 bridgehead atoms. The average Bonchev–Trinajstić information content (AvgIpc) is 3.17. The van der Waals surface area contributed by atoms with E-state index < -0.39 is 0 Å². The van der Waals surface area contributed by atoms with Crippen LogP contribution in [0.25, 0.3) is 10.8 Å². The van der Waals surface area contributed by atoms with E-state index in [9.17, 15) is 0 Å². The van der Waals surface area contributed by atoms with Crippen LogP contribution >= 0.6 is 0 Å². The Morgan fingerprint density at radius 3 is 1.46 bits per heavy atom. The number of rotatable bonds is 0. The van der Waals surface area contributed by atoms with Crippen molar-refractivity contribution in [3.05, 3.63) is 46.5 Å². The number of hydrogen-bond acceptors (Lipinski definition) is 0. The van der Waals surface area contributed by atoms with Crippen LogP contribution < -0.4 is 0 Å². The molecular weight excluding hydrogens is 336 g/mol. The normalized spacial score (nSPS) is 23.2. The molecule has 2 aromatic rings. The van der Waals surface area contributed by atoms with Gasteiger partial charge >= 0.3 is 0 Å². The van der Waals surface area contributed by atoms with Crippen molar-refractivity contribution in [2.75, 3.05) is 0 Å². The molecule has 0 nitrogen and oxygen atoms in total. The van der Waals surface area contributed by atoms with Gasteiger partial charge in [0.2, 0.25) is 0 Å². The smallest absolute Gasteiger partial charge is 0.0143 e. The fourth-order valence-corrected chi connectivity index (χ4v) is 4.69. The Kier molecular flexibility index (Phi) is 13.4. The van der Waals surface area contributed by atoms with E-state index in [1.165, 1.54) is 12.8 Å². The molecule has 2 aliphatic rings. The maximum atomic E-state index is 2.44. The number of fused-ring (bicyclic) bond motifs is 6. The molecule has 0 saturated carbocycles. The van der Waals surface area contributed by atoms with Gasteiger partial charge in [-0.2, -0.15) is 0 Å². The second-order valence-electron chi connectivity index (χ2n) is 7.27. The van der Waals surface area contributed by atoms with Crippen LogP contribution in [-0.2, 0) is 12.8 Å². The molecule has 0 N–H and O–H groups in total. The first-order valence-corrected chi connectivity index (χ1v) is 11.2. The molecule has 28 heavy (non-hydrogen) atoms. The summed E-state index contributed by atoms with van der Waals surface area (Å²) in [7, 11) is 0. The summed E-state index contributed by atoms with van der Waals surface area (Å²) in [5, 5.41) is 3.08. The van der Waals surface area contributed by atoms with E-state index in [0.29, 0.717) is 5.92 Å². The zero-order valence-electron chi connectivity index (χ0n) is 19.0. The van der Waals surface area contributed by atoms with Crippen molar-refractivity contribution in [2.24, 2.45) is 11.8 Å². The summed E-state index contributed by atoms with van der Waals surface area (Å²) in [4.78, 5) is 0. The van der Waals surface area contributed by atoms with Gasteiger partial charge in [-0.3, -0.25) is 0 Å². The molecule has 162 valence electrons. The third kappa shape index (κ3) is 4.81. The molecule has 2 aromatic carbocycles. The highest BCUT2D eigenvalue weighted by Crippen LogP contribution is 2.51. The standard InChI is InChI=1S/C20H24.3C2H6.2CH4/c1-11-9-17-15-7-5-6-8-16(15)19-13(3)12(2)10-18(19)20(17)14(11)4;3*1-2;;/h5-8,11-14H,9-10H2,1-4H3;3*1-2H3;2*1H4/t11-,12-,13-,14-;;;;;/m1...../s1. The van der Waals surface area contributed by atoms with Crippen molar-refractivity contribution >= 4 is 10.8 Å². The first-order chi connectivity index (χ1) is 12.6. The quantitative estimate of drug-likeness (QED) is 0.422. The zero-order valence-corrected chi connectivity index (χ0v) is 19.0. The minimum Gasteiger partial charge on any atom is -0.0776 e. The summed E-state index contributed by atoms with van der Waals surface area (Å²) < 4.78 is 0. The van der Waals surface area contributed by atoms with Gasteiger partial charge in [-0.05, 0) is 69.5 Å². The Hall–Kier alpha value is -1.30. The molecule has 0 saturated heterocycles. The first-order valence-electron chi connectivity index (χ1n) is 11.2. The molecular formula is C28H50. The Labute approximate surface area is 178 Å². The summed E-state index contributed by atoms with van der Waals surface area (Å²) in [6.45, 7) is 21.7. The molecule has 0 heteroatoms. The predicted molar refractivity (Wildman–Crippen MR) is 134 cm³/mol. The van der Waals surface area contributed by atoms with E-state index in [1.807, 2.05) is 41.5 Å². The number of benzene rings is 2. The molecule has 0 amide bonds. The molecule has 0 fully saturated rings. The van der Waals surface area contributed by atoms with E-state index in [0.717, 1.165) is 17.8 Å². The van der Waals surface area contributed by atoms with Gasteiger partial charge in [-0.15, -0.1) is 0 Å². The lowest BCUT2D eigenvalue weighted by Gasteiger charge is -2.18. The van der Waals surface area contributed by atoms with E-state index in [2.05, 4.69) is 52.0 Å². The summed E-state index contributed by atoms with van der Waals surface area (Å²) >= 11 is 0. The van der Waals surface area contributed by atoms with Crippen LogP contribution in [0.4, 0.5) is 0 Å². The topological polar surface area (TPSA) is 0 Å². The minimum absolute atomic E-state index is 0. The molecule has 0 aromatic heterocycles. The molecule has 0 unspecified atom stereocenters. The molecule has 0 radical (unpaired) electrons. The second kappa shape index (κ2) is 13.0. The van der Waals surface area contributed by atoms with Crippen molar-refractivity contribution in [1.29, 1.82) is 0 Å². The fourth-order valence-electron chi connectivity index (χ4n) is 4.69. The lowest BCUT2D eigenvalue weighted by Crippen LogP contribution is -2.01. The van der Waals surface area contributed by atoms with Crippen LogP contribution in [0.3, 0.4) is 0 Å². The van der Waals surface area contributed by atoms with Crippen LogP contribution in [-0.4, -0.2) is 0 Å². The van der Waals surface area contributed by atoms with Crippen molar-refractivity contribution < 1.29 is 0 Å². The highest BCUT2D eigenvalue weighted by Gasteiger charge is 2.37. The van der Waals surface area contributed by atoms with Gasteiger partial charge in [0.25, 0.3) is 0 Å². The summed E-state index contributed by atoms with van der Waals surface area (Å²) in [5.74, 6) is 3.04. The third-order valence-corrected chi connectivity index (χ3v) is 6.19. The van der Waals surface area contributed by atoms with Crippen LogP contribution in [0, 0.1) is 11.8 Å². The SMILES string of the molecule is C.C.CC.CC.CC.C[C@@H]1Cc2c(c3c(c4ccccc24)[C@H](C)[C@H](C)C3)[C@@H]1C. The lowest BCUT2D eigenvalue weighted by molar-refractivity contribution is 0.521. The van der Waals surface area contributed by atoms with E-state index in [4.69, 9.17) is 0 Å². The van der Waals surface area contributed by atoms with E-state index >= 15 is 0 Å². The molecule has 0 spiro atoms. The highest BCUT2D eigenvalue weighted by molar-refractivity contribution is 5.93. The minimum atomic E-state index is 0. The monoisotopic (exact) mass is 386 g/mol. The van der Waals surface area contributed by atoms with Gasteiger partial charge in [-0.25, -0.2) is 0 Å². The highest BCUT2D eigenvalue weighted by atomic mass is 14.4. The molecule has 4 atom stereocenters. The van der Waals surface area contributed by atoms with Crippen LogP contribution in [0.5, 0.6) is 0 Å². The molecule has 2 aliphatic carbocycles. The molecule has 0 aliphatic heterocycles. The maximum Gasteiger partial charge on any atom is -0.0143 e. The predicted octanol–water partition coefficient (Wildman–Crippen LogP) is 9.78. The zero-order chi connectivity index (χ0) is 20.0. The summed E-state index contributed by atoms with van der Waals surface area (Å²) in [5.41, 5.74) is 6.78. The average molecular weight is 387 g/mol. The Morgan fingerprint density at radius 1 is 0.571 bits per heavy atom. The third-order valence-electron chi connectivity index (χ3n) is 6.19. The second-order valence-corrected chi connectivity index (χ2v) is 7.27. The molecule has 4 rings (SSSR count). The van der Waals surface area contributed by atoms with E-state index in [1.54, 1.807) is 33.0 Å². The Balaban J connectivity index is 0. The van der Waals surface area contributed by atoms with Gasteiger partial charge < -0.3 is 0 Å². The van der Waals surface area contributed by atoms with Gasteiger partial charge in [-0.1, -0.05) is 108 Å². The van der Waals surface area contributed by atoms with Gasteiger partial charge in [0.1, 0.15) is 0 Å². The first kappa shape index (κ1) is 28.9. The van der Waals surface area contributed by atoms with Crippen molar-refractivity contribution in [1.82, 2.24) is 0 Å². The lowest BCUT2D eigenvalue weighted by atomic mass is 9.86. The fraction of sp³-hybridized carbons (Fsp3) is 0.643.